The molecule has 6 aliphatic heterocycles. The van der Waals surface area contributed by atoms with Gasteiger partial charge in [0, 0.05) is 134 Å². The number of amides is 7. The summed E-state index contributed by atoms with van der Waals surface area (Å²) in [7, 11) is 1.57. The molecule has 3 saturated heterocycles. The zero-order valence-electron chi connectivity index (χ0n) is 83.3. The minimum Gasteiger partial charge on any atom is -0.493 e. The van der Waals surface area contributed by atoms with Gasteiger partial charge in [-0.2, -0.15) is 5.10 Å². The fourth-order valence-corrected chi connectivity index (χ4v) is 22.9. The van der Waals surface area contributed by atoms with E-state index in [0.717, 1.165) is 69.4 Å². The maximum absolute atomic E-state index is 14.4. The summed E-state index contributed by atoms with van der Waals surface area (Å²) in [6.07, 6.45) is 3.67. The molecule has 3 fully saturated rings. The van der Waals surface area contributed by atoms with E-state index in [2.05, 4.69) is 153 Å². The van der Waals surface area contributed by atoms with Crippen LogP contribution in [0.25, 0.3) is 0 Å². The van der Waals surface area contributed by atoms with Crippen molar-refractivity contribution in [2.24, 2.45) is 0 Å². The second-order valence-corrected chi connectivity index (χ2v) is 39.9. The monoisotopic (exact) mass is 2000 g/mol. The average Bonchev–Trinajstić information content (AvgIpc) is 1.60. The van der Waals surface area contributed by atoms with Gasteiger partial charge < -0.3 is 48.4 Å². The number of aromatic nitrogens is 3. The number of benzene rings is 10. The first-order chi connectivity index (χ1) is 70.2. The van der Waals surface area contributed by atoms with Crippen molar-refractivity contribution in [2.75, 3.05) is 156 Å². The maximum Gasteiger partial charge on any atom is 0.264 e. The van der Waals surface area contributed by atoms with Crippen molar-refractivity contribution in [2.45, 2.75) is 101 Å². The molecule has 0 spiro atoms. The van der Waals surface area contributed by atoms with Gasteiger partial charge in [0.25, 0.3) is 41.4 Å². The number of carbonyl (C=O) groups is 7. The number of anilines is 3. The van der Waals surface area contributed by atoms with Crippen molar-refractivity contribution in [3.05, 3.63) is 344 Å². The zero-order valence-corrected chi connectivity index (χ0v) is 85.0. The number of piperazine rings is 3. The van der Waals surface area contributed by atoms with Crippen LogP contribution in [0, 0.1) is 13.8 Å². The second-order valence-electron chi connectivity index (χ2n) is 36.4. The number of pyridine rings is 1. The van der Waals surface area contributed by atoms with Gasteiger partial charge in [-0.15, -0.1) is 0 Å². The number of aryl methyl sites for hydroxylation is 2. The van der Waals surface area contributed by atoms with Crippen LogP contribution in [0.5, 0.6) is 34.5 Å². The van der Waals surface area contributed by atoms with Crippen LogP contribution in [-0.2, 0) is 25.8 Å². The van der Waals surface area contributed by atoms with Crippen molar-refractivity contribution in [1.82, 2.24) is 59.3 Å². The molecule has 2 aromatic heterocycles. The zero-order chi connectivity index (χ0) is 102. The Balaban J connectivity index is 0.000000156. The van der Waals surface area contributed by atoms with E-state index in [0.29, 0.717) is 140 Å². The van der Waals surface area contributed by atoms with Gasteiger partial charge in [0.05, 0.1) is 128 Å². The predicted octanol–water partition coefficient (Wildman–Crippen LogP) is 15.2. The number of nitrogens with one attached hydrogen (secondary N) is 4. The first-order valence-corrected chi connectivity index (χ1v) is 51.8. The molecule has 7 amide bonds. The molecule has 8 heterocycles. The lowest BCUT2D eigenvalue weighted by molar-refractivity contribution is 0.0558. The van der Waals surface area contributed by atoms with Crippen LogP contribution < -0.4 is 57.9 Å². The van der Waals surface area contributed by atoms with E-state index in [1.165, 1.54) is 59.8 Å². The Hall–Kier alpha value is -14.7. The van der Waals surface area contributed by atoms with Crippen LogP contribution in [0.1, 0.15) is 199 Å². The summed E-state index contributed by atoms with van der Waals surface area (Å²) in [5.41, 5.74) is 12.1. The lowest BCUT2D eigenvalue weighted by Gasteiger charge is -2.39. The van der Waals surface area contributed by atoms with Gasteiger partial charge >= 0.3 is 0 Å². The van der Waals surface area contributed by atoms with E-state index in [1.54, 1.807) is 144 Å². The van der Waals surface area contributed by atoms with E-state index in [-0.39, 0.29) is 79.0 Å². The number of fused-ring (bicyclic) bond motifs is 3. The van der Waals surface area contributed by atoms with Gasteiger partial charge in [-0.25, -0.2) is 26.3 Å². The third-order valence-corrected chi connectivity index (χ3v) is 31.2. The highest BCUT2D eigenvalue weighted by atomic mass is 32.2. The molecule has 0 unspecified atom stereocenters. The molecule has 6 aliphatic rings. The topological polar surface area (TPSA) is 350 Å². The summed E-state index contributed by atoms with van der Waals surface area (Å²) < 4.78 is 90.8. The molecule has 0 radical (unpaired) electrons. The van der Waals surface area contributed by atoms with Crippen molar-refractivity contribution >= 4 is 78.5 Å². The largest absolute Gasteiger partial charge is 0.493 e. The van der Waals surface area contributed by atoms with Gasteiger partial charge in [0.2, 0.25) is 20.0 Å². The Bertz CT molecular complexity index is 6870. The number of aromatic amines is 1. The van der Waals surface area contributed by atoms with E-state index < -0.39 is 61.8 Å². The molecule has 18 rings (SSSR count). The van der Waals surface area contributed by atoms with Crippen molar-refractivity contribution in [1.29, 1.82) is 0 Å². The first kappa shape index (κ1) is 103. The van der Waals surface area contributed by atoms with E-state index in [9.17, 15) is 50.4 Å². The van der Waals surface area contributed by atoms with Crippen LogP contribution in [0.2, 0.25) is 0 Å². The fraction of sp³-hybridized carbons (Fsp3) is 0.324. The summed E-state index contributed by atoms with van der Waals surface area (Å²) in [6, 6.07) is 74.2. The van der Waals surface area contributed by atoms with Crippen molar-refractivity contribution in [3.63, 3.8) is 0 Å². The molecule has 6 atom stereocenters. The van der Waals surface area contributed by atoms with Crippen LogP contribution in [-0.4, -0.2) is 244 Å². The normalized spacial score (nSPS) is 16.3. The number of rotatable bonds is 36. The number of hydrogen-bond acceptors (Lipinski definition) is 25. The van der Waals surface area contributed by atoms with Gasteiger partial charge in [0.15, 0.2) is 34.5 Å². The Kier molecular flexibility index (Phi) is 33.0. The Morgan fingerprint density at radius 1 is 0.366 bits per heavy atom. The number of hydrogen-bond donors (Lipinski definition) is 4. The minimum atomic E-state index is -3.92. The number of imide groups is 3. The Morgan fingerprint density at radius 3 is 1.01 bits per heavy atom. The standard InChI is InChI=1S/C38H42N4O6S.C37H39N5O5.C36H42N6O6S/c1-27(29-13-8-5-9-14-29)40-21-23-41(24-22-40)33-16-10-15-31-36(33)38(44)42(37(31)43)32(30-17-18-34(47-2)35(25-30)48-3)19-20-39-49(45,46)26-28-11-6-4-7-12-28;1-25(26-8-5-4-6-9-26)40-20-22-41(23-21-40)31-11-7-10-29-34(31)37(45)42(36(29)44)30(28-12-13-32(46-2)33(24-28)47-3)16-19-39-35(43)27-14-17-38-18-15-27;1-23-34(24(2)39-38-23)49(45,46)37-17-16-29(27-14-15-31(47-4)32(22-27)48-5)42-35(43)28-12-9-13-30(33(28)36(42)44)41-20-18-40(19-21-41)25(3)26-10-7-6-8-11-26/h4-18,25,27,32,39H,19-24,26H2,1-3H3;4-15,17-18,24-25,30H,16,19-23H2,1-3H3,(H,39,43);6-15,22,25,29,37H,16-21H2,1-5H3,(H,38,39)/t27-,32-;25-,30-;25-,29-/m111/s1. The lowest BCUT2D eigenvalue weighted by atomic mass is 10.0. The maximum atomic E-state index is 14.4. The number of ether oxygens (including phenoxy) is 6. The minimum absolute atomic E-state index is 0.00992. The molecular weight excluding hydrogens is 1880 g/mol. The lowest BCUT2D eigenvalue weighted by Crippen LogP contribution is -2.47. The number of nitrogens with zero attached hydrogens (tertiary/aromatic N) is 11. The quantitative estimate of drug-likeness (QED) is 0.0265. The summed E-state index contributed by atoms with van der Waals surface area (Å²) in [5, 5.41) is 9.65. The number of methoxy groups -OCH3 is 6. The van der Waals surface area contributed by atoms with Gasteiger partial charge in [-0.3, -0.25) is 73.0 Å². The fourth-order valence-electron chi connectivity index (χ4n) is 20.4. The van der Waals surface area contributed by atoms with Crippen LogP contribution in [0.3, 0.4) is 0 Å². The average molecular weight is 2000 g/mol. The van der Waals surface area contributed by atoms with E-state index in [1.807, 2.05) is 66.7 Å². The Morgan fingerprint density at radius 2 is 0.690 bits per heavy atom. The molecule has 0 bridgehead atoms. The van der Waals surface area contributed by atoms with Crippen molar-refractivity contribution < 1.29 is 78.8 Å². The van der Waals surface area contributed by atoms with Crippen molar-refractivity contribution in [3.8, 4) is 34.5 Å². The number of H-pyrrole nitrogens is 1. The highest BCUT2D eigenvalue weighted by molar-refractivity contribution is 7.89. The molecule has 12 aromatic rings. The number of sulfonamides is 2. The van der Waals surface area contributed by atoms with E-state index in [4.69, 9.17) is 28.4 Å². The highest BCUT2D eigenvalue weighted by Crippen LogP contribution is 2.46. The molecule has 145 heavy (non-hydrogen) atoms. The summed E-state index contributed by atoms with van der Waals surface area (Å²) in [6.45, 7) is 19.2. The molecule has 32 nitrogen and oxygen atoms in total. The number of carbonyl (C=O) groups excluding carboxylic acids is 7. The van der Waals surface area contributed by atoms with Gasteiger partial charge in [0.1, 0.15) is 4.90 Å². The molecule has 34 heteroatoms. The van der Waals surface area contributed by atoms with Gasteiger partial charge in [-0.05, 0) is 178 Å². The van der Waals surface area contributed by atoms with Crippen LogP contribution in [0.15, 0.2) is 260 Å². The summed E-state index contributed by atoms with van der Waals surface area (Å²) in [5.74, 6) is 0.0682. The molecule has 4 N–H and O–H groups in total. The van der Waals surface area contributed by atoms with Crippen LogP contribution >= 0.6 is 0 Å². The first-order valence-electron chi connectivity index (χ1n) is 48.7. The second kappa shape index (κ2) is 46.4. The van der Waals surface area contributed by atoms with Crippen LogP contribution in [0.4, 0.5) is 17.1 Å². The Labute approximate surface area is 846 Å². The molecular formula is C111H123N15O17S2. The summed E-state index contributed by atoms with van der Waals surface area (Å²) in [4.78, 5) is 120. The predicted molar refractivity (Wildman–Crippen MR) is 554 cm³/mol. The highest BCUT2D eigenvalue weighted by Gasteiger charge is 2.48. The third-order valence-electron chi connectivity index (χ3n) is 28.2. The smallest absolute Gasteiger partial charge is 0.264 e. The molecule has 756 valence electrons. The molecule has 10 aromatic carbocycles. The van der Waals surface area contributed by atoms with E-state index >= 15 is 0 Å². The SMILES string of the molecule is COc1ccc([C@@H](CCNC(=O)c2ccncc2)N2C(=O)c3cccc(N4CCN([C@H](C)c5ccccc5)CC4)c3C2=O)cc1OC.COc1ccc([C@@H](CCNS(=O)(=O)Cc2ccccc2)N2C(=O)c3cccc(N4CCN([C@H](C)c5ccccc5)CC4)c3C2=O)cc1OC.COc1ccc([C@@H](CCNS(=O)(=O)c2c(C)n[nH]c2C)N2C(=O)c3cccc(N4CCN([C@H](C)c5ccccc5)CC4)c3C2=O)cc1OC. The molecule has 0 saturated carbocycles. The molecule has 0 aliphatic carbocycles. The summed E-state index contributed by atoms with van der Waals surface area (Å²) >= 11 is 0. The third kappa shape index (κ3) is 22.6. The van der Waals surface area contributed by atoms with Gasteiger partial charge in [-0.1, -0.05) is 158 Å².